The molecule has 1 unspecified atom stereocenters. The maximum Gasteiger partial charge on any atom is 0.248 e. The van der Waals surface area contributed by atoms with Crippen LogP contribution in [0, 0.1) is 0 Å². The molecule has 162 valence electrons. The lowest BCUT2D eigenvalue weighted by atomic mass is 10.0. The summed E-state index contributed by atoms with van der Waals surface area (Å²) in [5.74, 6) is 0.858. The molecule has 0 aliphatic carbocycles. The molecular formula is C24H29N5O2. The highest BCUT2D eigenvalue weighted by molar-refractivity contribution is 5.98. The number of ether oxygens (including phenoxy) is 1. The molecule has 1 aliphatic heterocycles. The first kappa shape index (κ1) is 21.1. The molecule has 0 saturated carbocycles. The number of aromatic nitrogens is 2. The Morgan fingerprint density at radius 1 is 1.16 bits per heavy atom. The van der Waals surface area contributed by atoms with Crippen molar-refractivity contribution in [3.05, 3.63) is 66.5 Å². The summed E-state index contributed by atoms with van der Waals surface area (Å²) in [5.41, 5.74) is 3.98. The van der Waals surface area contributed by atoms with E-state index in [-0.39, 0.29) is 11.9 Å². The second kappa shape index (κ2) is 9.76. The average molecular weight is 420 g/mol. The molecule has 7 heteroatoms. The molecule has 0 spiro atoms. The molecule has 2 heterocycles. The van der Waals surface area contributed by atoms with E-state index in [9.17, 15) is 4.79 Å². The van der Waals surface area contributed by atoms with E-state index in [1.165, 1.54) is 0 Å². The molecular weight excluding hydrogens is 390 g/mol. The van der Waals surface area contributed by atoms with Crippen molar-refractivity contribution in [1.82, 2.24) is 20.4 Å². The molecule has 2 aromatic carbocycles. The van der Waals surface area contributed by atoms with Crippen molar-refractivity contribution < 1.29 is 9.53 Å². The molecule has 3 aromatic rings. The molecule has 1 fully saturated rings. The molecule has 2 N–H and O–H groups in total. The predicted molar refractivity (Wildman–Crippen MR) is 122 cm³/mol. The number of carbonyl (C=O) groups is 1. The van der Waals surface area contributed by atoms with Crippen molar-refractivity contribution in [1.29, 1.82) is 0 Å². The van der Waals surface area contributed by atoms with Gasteiger partial charge in [0.05, 0.1) is 13.3 Å². The van der Waals surface area contributed by atoms with Crippen LogP contribution in [0.3, 0.4) is 0 Å². The lowest BCUT2D eigenvalue weighted by Gasteiger charge is -2.31. The van der Waals surface area contributed by atoms with Gasteiger partial charge in [-0.05, 0) is 48.9 Å². The van der Waals surface area contributed by atoms with Gasteiger partial charge in [0.1, 0.15) is 11.8 Å². The second-order valence-corrected chi connectivity index (χ2v) is 7.70. The second-order valence-electron chi connectivity index (χ2n) is 7.70. The Morgan fingerprint density at radius 2 is 2.00 bits per heavy atom. The van der Waals surface area contributed by atoms with Crippen LogP contribution >= 0.6 is 0 Å². The number of amides is 1. The fraction of sp³-hybridized carbons (Fsp3) is 0.333. The first-order chi connectivity index (χ1) is 15.2. The van der Waals surface area contributed by atoms with Gasteiger partial charge in [0.2, 0.25) is 5.91 Å². The highest BCUT2D eigenvalue weighted by Crippen LogP contribution is 2.31. The Balaban J connectivity index is 1.65. The number of hydrogen-bond acceptors (Lipinski definition) is 5. The van der Waals surface area contributed by atoms with Crippen molar-refractivity contribution in [2.24, 2.45) is 0 Å². The number of hydrogen-bond donors (Lipinski definition) is 2. The van der Waals surface area contributed by atoms with Crippen LogP contribution in [0.25, 0.3) is 11.1 Å². The van der Waals surface area contributed by atoms with Crippen LogP contribution in [0.15, 0.2) is 60.9 Å². The van der Waals surface area contributed by atoms with Gasteiger partial charge in [-0.25, -0.2) is 0 Å². The summed E-state index contributed by atoms with van der Waals surface area (Å²) >= 11 is 0. The number of nitrogens with one attached hydrogen (secondary N) is 2. The van der Waals surface area contributed by atoms with Crippen molar-refractivity contribution >= 4 is 11.6 Å². The third kappa shape index (κ3) is 4.62. The SMILES string of the molecule is CNCCN1CCCN(c2ccc(-c3cn[nH]c3)cc2)C(=O)C1c1cccc(OC)c1. The van der Waals surface area contributed by atoms with Crippen molar-refractivity contribution in [2.75, 3.05) is 45.2 Å². The van der Waals surface area contributed by atoms with E-state index in [4.69, 9.17) is 4.74 Å². The number of likely N-dealkylation sites (N-methyl/N-ethyl adjacent to an activating group) is 1. The van der Waals surface area contributed by atoms with Crippen LogP contribution in [0.1, 0.15) is 18.0 Å². The van der Waals surface area contributed by atoms with Gasteiger partial charge in [-0.15, -0.1) is 0 Å². The van der Waals surface area contributed by atoms with Crippen LogP contribution in [0.4, 0.5) is 5.69 Å². The smallest absolute Gasteiger partial charge is 0.248 e. The Kier molecular flexibility index (Phi) is 6.64. The number of rotatable bonds is 7. The Bertz CT molecular complexity index is 987. The summed E-state index contributed by atoms with van der Waals surface area (Å²) in [4.78, 5) is 18.0. The minimum atomic E-state index is -0.348. The molecule has 1 aliphatic rings. The summed E-state index contributed by atoms with van der Waals surface area (Å²) in [7, 11) is 3.59. The van der Waals surface area contributed by atoms with Crippen molar-refractivity contribution in [3.63, 3.8) is 0 Å². The predicted octanol–water partition coefficient (Wildman–Crippen LogP) is 3.08. The fourth-order valence-electron chi connectivity index (χ4n) is 4.14. The average Bonchev–Trinajstić information content (AvgIpc) is 3.29. The summed E-state index contributed by atoms with van der Waals surface area (Å²) in [6.07, 6.45) is 4.58. The number of anilines is 1. The van der Waals surface area contributed by atoms with Gasteiger partial charge in [0, 0.05) is 43.6 Å². The first-order valence-corrected chi connectivity index (χ1v) is 10.6. The minimum Gasteiger partial charge on any atom is -0.497 e. The lowest BCUT2D eigenvalue weighted by molar-refractivity contribution is -0.123. The van der Waals surface area contributed by atoms with E-state index < -0.39 is 0 Å². The largest absolute Gasteiger partial charge is 0.497 e. The van der Waals surface area contributed by atoms with Crippen LogP contribution in [-0.2, 0) is 4.79 Å². The van der Waals surface area contributed by atoms with Gasteiger partial charge < -0.3 is 15.0 Å². The van der Waals surface area contributed by atoms with Gasteiger partial charge in [-0.3, -0.25) is 14.8 Å². The van der Waals surface area contributed by atoms with E-state index in [0.29, 0.717) is 6.54 Å². The van der Waals surface area contributed by atoms with E-state index in [1.807, 2.05) is 66.7 Å². The fourth-order valence-corrected chi connectivity index (χ4v) is 4.14. The molecule has 31 heavy (non-hydrogen) atoms. The van der Waals surface area contributed by atoms with Gasteiger partial charge in [-0.1, -0.05) is 24.3 Å². The third-order valence-electron chi connectivity index (χ3n) is 5.76. The topological polar surface area (TPSA) is 73.5 Å². The number of nitrogens with zero attached hydrogens (tertiary/aromatic N) is 3. The molecule has 7 nitrogen and oxygen atoms in total. The molecule has 0 radical (unpaired) electrons. The van der Waals surface area contributed by atoms with E-state index in [1.54, 1.807) is 13.3 Å². The molecule has 1 atom stereocenters. The van der Waals surface area contributed by atoms with Crippen molar-refractivity contribution in [3.8, 4) is 16.9 Å². The van der Waals surface area contributed by atoms with Crippen LogP contribution < -0.4 is 15.0 Å². The third-order valence-corrected chi connectivity index (χ3v) is 5.76. The highest BCUT2D eigenvalue weighted by Gasteiger charge is 2.34. The molecule has 0 bridgehead atoms. The molecule has 4 rings (SSSR count). The monoisotopic (exact) mass is 419 g/mol. The summed E-state index contributed by atoms with van der Waals surface area (Å²) in [6, 6.07) is 15.6. The molecule has 1 saturated heterocycles. The van der Waals surface area contributed by atoms with Crippen LogP contribution in [0.5, 0.6) is 5.75 Å². The maximum atomic E-state index is 13.8. The zero-order chi connectivity index (χ0) is 21.6. The maximum absolute atomic E-state index is 13.8. The van der Waals surface area contributed by atoms with Crippen molar-refractivity contribution in [2.45, 2.75) is 12.5 Å². The number of carbonyl (C=O) groups excluding carboxylic acids is 1. The van der Waals surface area contributed by atoms with Gasteiger partial charge in [0.25, 0.3) is 0 Å². The summed E-state index contributed by atoms with van der Waals surface area (Å²) in [6.45, 7) is 3.18. The van der Waals surface area contributed by atoms with Gasteiger partial charge in [-0.2, -0.15) is 5.10 Å². The zero-order valence-corrected chi connectivity index (χ0v) is 18.0. The molecule has 1 amide bonds. The Labute approximate surface area is 183 Å². The Morgan fingerprint density at radius 3 is 2.71 bits per heavy atom. The zero-order valence-electron chi connectivity index (χ0n) is 18.0. The Hall–Kier alpha value is -3.16. The first-order valence-electron chi connectivity index (χ1n) is 10.6. The number of benzene rings is 2. The lowest BCUT2D eigenvalue weighted by Crippen LogP contribution is -2.42. The van der Waals surface area contributed by atoms with Gasteiger partial charge >= 0.3 is 0 Å². The van der Waals surface area contributed by atoms with E-state index in [2.05, 4.69) is 20.4 Å². The highest BCUT2D eigenvalue weighted by atomic mass is 16.5. The number of H-pyrrole nitrogens is 1. The van der Waals surface area contributed by atoms with E-state index in [0.717, 1.165) is 54.2 Å². The number of methoxy groups -OCH3 is 1. The minimum absolute atomic E-state index is 0.0953. The van der Waals surface area contributed by atoms with Crippen LogP contribution in [-0.4, -0.2) is 61.3 Å². The van der Waals surface area contributed by atoms with Gasteiger partial charge in [0.15, 0.2) is 0 Å². The number of aromatic amines is 1. The summed E-state index contributed by atoms with van der Waals surface area (Å²) in [5, 5.41) is 10.1. The van der Waals surface area contributed by atoms with Crippen LogP contribution in [0.2, 0.25) is 0 Å². The quantitative estimate of drug-likeness (QED) is 0.616. The molecule has 1 aromatic heterocycles. The standard InChI is InChI=1S/C24H29N5O2/c1-25-11-14-28-12-4-13-29(21-9-7-18(8-10-21)20-16-26-27-17-20)24(30)23(28)19-5-3-6-22(15-19)31-2/h3,5-10,15-17,23,25H,4,11-14H2,1-2H3,(H,26,27). The van der Waals surface area contributed by atoms with E-state index >= 15 is 0 Å². The normalized spacial score (nSPS) is 17.5. The summed E-state index contributed by atoms with van der Waals surface area (Å²) < 4.78 is 5.43.